The van der Waals surface area contributed by atoms with E-state index in [-0.39, 0.29) is 33.8 Å². The van der Waals surface area contributed by atoms with Crippen LogP contribution >= 0.6 is 0 Å². The number of unbranched alkanes of at least 4 members (excludes halogenated alkanes) is 13. The molecule has 0 N–H and O–H groups in total. The highest BCUT2D eigenvalue weighted by atomic mass is 16.5. The van der Waals surface area contributed by atoms with Crippen LogP contribution in [0, 0.1) is 6.92 Å². The standard InChI is InChI=1S/C35H46O7/c1-5-6-7-8-9-10-11-12-13-14-15-16-17-18-19-40-27-22-29-33(31(23-27)42-26(4)37)35(39)32-28(34(29)38)20-24(2)21-30(32)41-25(3)36/h20-23H,5-19H2,1-4H3. The van der Waals surface area contributed by atoms with E-state index < -0.39 is 23.5 Å². The number of ketones is 2. The first kappa shape index (κ1) is 33.0. The lowest BCUT2D eigenvalue weighted by molar-refractivity contribution is -0.132. The minimum Gasteiger partial charge on any atom is -0.493 e. The van der Waals surface area contributed by atoms with E-state index in [0.717, 1.165) is 19.3 Å². The van der Waals surface area contributed by atoms with Crippen molar-refractivity contribution in [2.24, 2.45) is 0 Å². The fourth-order valence-corrected chi connectivity index (χ4v) is 5.48. The number of esters is 2. The van der Waals surface area contributed by atoms with Crippen LogP contribution in [0.25, 0.3) is 0 Å². The molecule has 0 heterocycles. The van der Waals surface area contributed by atoms with Gasteiger partial charge in [0.05, 0.1) is 17.7 Å². The second kappa shape index (κ2) is 16.8. The zero-order valence-corrected chi connectivity index (χ0v) is 25.8. The van der Waals surface area contributed by atoms with Crippen molar-refractivity contribution in [3.63, 3.8) is 0 Å². The maximum absolute atomic E-state index is 13.6. The van der Waals surface area contributed by atoms with Crippen LogP contribution in [0.3, 0.4) is 0 Å². The lowest BCUT2D eigenvalue weighted by atomic mass is 9.82. The first-order valence-corrected chi connectivity index (χ1v) is 15.6. The van der Waals surface area contributed by atoms with E-state index in [1.807, 2.05) is 0 Å². The molecular formula is C35H46O7. The monoisotopic (exact) mass is 578 g/mol. The van der Waals surface area contributed by atoms with E-state index in [4.69, 9.17) is 14.2 Å². The number of benzene rings is 2. The topological polar surface area (TPSA) is 96.0 Å². The molecule has 0 amide bonds. The third-order valence-corrected chi connectivity index (χ3v) is 7.54. The Morgan fingerprint density at radius 2 is 1.05 bits per heavy atom. The summed E-state index contributed by atoms with van der Waals surface area (Å²) in [6, 6.07) is 6.14. The van der Waals surface area contributed by atoms with Gasteiger partial charge in [0.15, 0.2) is 5.78 Å². The maximum atomic E-state index is 13.6. The molecule has 0 atom stereocenters. The lowest BCUT2D eigenvalue weighted by Crippen LogP contribution is -2.24. The Morgan fingerprint density at radius 1 is 0.595 bits per heavy atom. The molecule has 2 aromatic carbocycles. The van der Waals surface area contributed by atoms with Gasteiger partial charge >= 0.3 is 11.9 Å². The quantitative estimate of drug-likeness (QED) is 0.0848. The van der Waals surface area contributed by atoms with E-state index >= 15 is 0 Å². The minimum atomic E-state index is -0.628. The van der Waals surface area contributed by atoms with Crippen molar-refractivity contribution in [2.75, 3.05) is 6.61 Å². The molecule has 0 aromatic heterocycles. The summed E-state index contributed by atoms with van der Waals surface area (Å²) in [4.78, 5) is 50.7. The van der Waals surface area contributed by atoms with Crippen LogP contribution in [-0.4, -0.2) is 30.1 Å². The van der Waals surface area contributed by atoms with E-state index in [0.29, 0.717) is 17.9 Å². The van der Waals surface area contributed by atoms with Gasteiger partial charge in [-0.3, -0.25) is 19.2 Å². The molecule has 2 aromatic rings. The van der Waals surface area contributed by atoms with Crippen molar-refractivity contribution in [2.45, 2.75) is 118 Å². The predicted molar refractivity (Wildman–Crippen MR) is 163 cm³/mol. The SMILES string of the molecule is CCCCCCCCCCCCCCCCOc1cc(OC(C)=O)c2c(c1)C(=O)c1cc(C)cc(OC(C)=O)c1C2=O. The van der Waals surface area contributed by atoms with Crippen LogP contribution in [0.1, 0.15) is 148 Å². The highest BCUT2D eigenvalue weighted by Crippen LogP contribution is 2.40. The summed E-state index contributed by atoms with van der Waals surface area (Å²) in [6.07, 6.45) is 17.7. The van der Waals surface area contributed by atoms with Crippen LogP contribution in [0.2, 0.25) is 0 Å². The maximum Gasteiger partial charge on any atom is 0.308 e. The summed E-state index contributed by atoms with van der Waals surface area (Å²) in [5.41, 5.74) is 0.852. The van der Waals surface area contributed by atoms with Crippen molar-refractivity contribution >= 4 is 23.5 Å². The summed E-state index contributed by atoms with van der Waals surface area (Å²) in [7, 11) is 0. The van der Waals surface area contributed by atoms with Crippen molar-refractivity contribution < 1.29 is 33.4 Å². The molecule has 0 saturated heterocycles. The molecule has 7 heteroatoms. The van der Waals surface area contributed by atoms with Gasteiger partial charge < -0.3 is 14.2 Å². The molecular weight excluding hydrogens is 532 g/mol. The Hall–Kier alpha value is -3.48. The average molecular weight is 579 g/mol. The minimum absolute atomic E-state index is 0.00778. The summed E-state index contributed by atoms with van der Waals surface area (Å²) in [5.74, 6) is -1.89. The van der Waals surface area contributed by atoms with Crippen LogP contribution < -0.4 is 14.2 Å². The molecule has 0 unspecified atom stereocenters. The Kier molecular flexibility index (Phi) is 13.2. The number of rotatable bonds is 18. The molecule has 0 radical (unpaired) electrons. The first-order valence-electron chi connectivity index (χ1n) is 15.6. The van der Waals surface area contributed by atoms with Gasteiger partial charge in [-0.2, -0.15) is 0 Å². The molecule has 1 aliphatic rings. The highest BCUT2D eigenvalue weighted by Gasteiger charge is 2.36. The Morgan fingerprint density at radius 3 is 1.55 bits per heavy atom. The summed E-state index contributed by atoms with van der Waals surface area (Å²) >= 11 is 0. The van der Waals surface area contributed by atoms with Gasteiger partial charge in [0.1, 0.15) is 17.2 Å². The molecule has 1 aliphatic carbocycles. The van der Waals surface area contributed by atoms with Crippen LogP contribution in [0.15, 0.2) is 24.3 Å². The van der Waals surface area contributed by atoms with Crippen molar-refractivity contribution in [3.05, 3.63) is 52.1 Å². The highest BCUT2D eigenvalue weighted by molar-refractivity contribution is 6.30. The summed E-state index contributed by atoms with van der Waals surface area (Å²) in [5, 5.41) is 0. The predicted octanol–water partition coefficient (Wildman–Crippen LogP) is 8.48. The van der Waals surface area contributed by atoms with Gasteiger partial charge in [-0.15, -0.1) is 0 Å². The molecule has 3 rings (SSSR count). The number of hydrogen-bond donors (Lipinski definition) is 0. The largest absolute Gasteiger partial charge is 0.493 e. The molecule has 0 aliphatic heterocycles. The van der Waals surface area contributed by atoms with E-state index in [2.05, 4.69) is 6.92 Å². The Balaban J connectivity index is 1.54. The van der Waals surface area contributed by atoms with E-state index in [9.17, 15) is 19.2 Å². The smallest absolute Gasteiger partial charge is 0.308 e. The Bertz CT molecular complexity index is 1260. The lowest BCUT2D eigenvalue weighted by Gasteiger charge is -2.23. The van der Waals surface area contributed by atoms with Crippen LogP contribution in [-0.2, 0) is 9.59 Å². The second-order valence-corrected chi connectivity index (χ2v) is 11.3. The second-order valence-electron chi connectivity index (χ2n) is 11.3. The van der Waals surface area contributed by atoms with Crippen molar-refractivity contribution in [1.82, 2.24) is 0 Å². The van der Waals surface area contributed by atoms with Crippen molar-refractivity contribution in [1.29, 1.82) is 0 Å². The van der Waals surface area contributed by atoms with Gasteiger partial charge in [0.25, 0.3) is 0 Å². The third kappa shape index (κ3) is 9.53. The zero-order valence-electron chi connectivity index (χ0n) is 25.8. The summed E-state index contributed by atoms with van der Waals surface area (Å²) in [6.45, 7) is 6.91. The molecule has 7 nitrogen and oxygen atoms in total. The van der Waals surface area contributed by atoms with Crippen LogP contribution in [0.5, 0.6) is 17.2 Å². The molecule has 0 saturated carbocycles. The number of aryl methyl sites for hydroxylation is 1. The molecule has 0 spiro atoms. The van der Waals surface area contributed by atoms with Gasteiger partial charge in [-0.1, -0.05) is 90.4 Å². The van der Waals surface area contributed by atoms with Crippen molar-refractivity contribution in [3.8, 4) is 17.2 Å². The number of hydrogen-bond acceptors (Lipinski definition) is 7. The fourth-order valence-electron chi connectivity index (χ4n) is 5.48. The van der Waals surface area contributed by atoms with Gasteiger partial charge in [0, 0.05) is 31.0 Å². The van der Waals surface area contributed by atoms with E-state index in [1.165, 1.54) is 103 Å². The average Bonchev–Trinajstić information content (AvgIpc) is 2.92. The first-order chi connectivity index (χ1) is 20.2. The fraction of sp³-hybridized carbons (Fsp3) is 0.543. The van der Waals surface area contributed by atoms with Crippen LogP contribution in [0.4, 0.5) is 0 Å². The molecule has 228 valence electrons. The van der Waals surface area contributed by atoms with Gasteiger partial charge in [-0.05, 0) is 37.1 Å². The summed E-state index contributed by atoms with van der Waals surface area (Å²) < 4.78 is 16.6. The zero-order chi connectivity index (χ0) is 30.5. The Labute approximate surface area is 250 Å². The number of carbonyl (C=O) groups excluding carboxylic acids is 4. The third-order valence-electron chi connectivity index (χ3n) is 7.54. The molecule has 0 bridgehead atoms. The van der Waals surface area contributed by atoms with Gasteiger partial charge in [0.2, 0.25) is 5.78 Å². The number of fused-ring (bicyclic) bond motifs is 2. The number of ether oxygens (including phenoxy) is 3. The number of carbonyl (C=O) groups is 4. The normalized spacial score (nSPS) is 12.1. The molecule has 0 fully saturated rings. The van der Waals surface area contributed by atoms with E-state index in [1.54, 1.807) is 13.0 Å². The molecule has 42 heavy (non-hydrogen) atoms. The van der Waals surface area contributed by atoms with Gasteiger partial charge in [-0.25, -0.2) is 0 Å².